The summed E-state index contributed by atoms with van der Waals surface area (Å²) in [6.45, 7) is 0. The Morgan fingerprint density at radius 1 is 1.47 bits per heavy atom. The number of aromatic carboxylic acids is 1. The zero-order valence-corrected chi connectivity index (χ0v) is 7.97. The van der Waals surface area contributed by atoms with Gasteiger partial charge in [-0.15, -0.1) is 0 Å². The fourth-order valence-electron chi connectivity index (χ4n) is 1.24. The molecule has 0 saturated carbocycles. The first-order valence-electron chi connectivity index (χ1n) is 4.25. The quantitative estimate of drug-likeness (QED) is 0.799. The lowest BCUT2D eigenvalue weighted by atomic mass is 10.2. The molecule has 5 nitrogen and oxygen atoms in total. The lowest BCUT2D eigenvalue weighted by Gasteiger charge is -2.01. The number of fused-ring (bicyclic) bond motifs is 1. The smallest absolute Gasteiger partial charge is 0.373 e. The molecule has 0 saturated heterocycles. The summed E-state index contributed by atoms with van der Waals surface area (Å²) in [6, 6.07) is 5.17. The predicted molar refractivity (Wildman–Crippen MR) is 53.0 cm³/mol. The fraction of sp³-hybridized carbons (Fsp3) is 0.100. The van der Waals surface area contributed by atoms with E-state index in [4.69, 9.17) is 9.84 Å². The van der Waals surface area contributed by atoms with Gasteiger partial charge in [-0.1, -0.05) is 0 Å². The van der Waals surface area contributed by atoms with Crippen LogP contribution in [-0.4, -0.2) is 28.2 Å². The van der Waals surface area contributed by atoms with Crippen LogP contribution in [0.25, 0.3) is 10.9 Å². The van der Waals surface area contributed by atoms with Gasteiger partial charge in [-0.3, -0.25) is 0 Å². The van der Waals surface area contributed by atoms with Crippen LogP contribution in [0.4, 0.5) is 0 Å². The molecular formula is C10H8N2O3. The van der Waals surface area contributed by atoms with Gasteiger partial charge in [0, 0.05) is 11.6 Å². The van der Waals surface area contributed by atoms with E-state index in [1.807, 2.05) is 0 Å². The monoisotopic (exact) mass is 204 g/mol. The Morgan fingerprint density at radius 2 is 2.27 bits per heavy atom. The average Bonchev–Trinajstić information content (AvgIpc) is 2.27. The van der Waals surface area contributed by atoms with Gasteiger partial charge in [0.1, 0.15) is 5.75 Å². The largest absolute Gasteiger partial charge is 0.497 e. The molecule has 0 aliphatic heterocycles. The van der Waals surface area contributed by atoms with Gasteiger partial charge in [-0.05, 0) is 18.2 Å². The molecule has 0 aliphatic rings. The van der Waals surface area contributed by atoms with E-state index in [2.05, 4.69) is 9.97 Å². The molecule has 0 spiro atoms. The Hall–Kier alpha value is -2.17. The number of carbonyl (C=O) groups is 1. The molecule has 1 aromatic heterocycles. The van der Waals surface area contributed by atoms with Crippen molar-refractivity contribution in [2.24, 2.45) is 0 Å². The number of rotatable bonds is 2. The Bertz CT molecular complexity index is 525. The summed E-state index contributed by atoms with van der Waals surface area (Å²) in [6.07, 6.45) is 1.47. The Labute approximate surface area is 85.4 Å². The number of hydrogen-bond donors (Lipinski definition) is 1. The lowest BCUT2D eigenvalue weighted by Crippen LogP contribution is -2.03. The number of hydrogen-bond acceptors (Lipinski definition) is 4. The molecule has 1 N–H and O–H groups in total. The normalized spacial score (nSPS) is 10.2. The molecule has 15 heavy (non-hydrogen) atoms. The standard InChI is InChI=1S/C10H8N2O3/c1-15-7-2-3-8-6(4-7)5-11-9(12-8)10(13)14/h2-5H,1H3,(H,13,14). The first-order chi connectivity index (χ1) is 7.20. The molecule has 2 aromatic rings. The van der Waals surface area contributed by atoms with Crippen molar-refractivity contribution in [3.05, 3.63) is 30.2 Å². The third-order valence-electron chi connectivity index (χ3n) is 1.98. The van der Waals surface area contributed by atoms with E-state index in [9.17, 15) is 4.79 Å². The van der Waals surface area contributed by atoms with Gasteiger partial charge in [-0.25, -0.2) is 14.8 Å². The number of nitrogens with zero attached hydrogens (tertiary/aromatic N) is 2. The minimum atomic E-state index is -1.13. The van der Waals surface area contributed by atoms with Gasteiger partial charge >= 0.3 is 5.97 Å². The minimum Gasteiger partial charge on any atom is -0.497 e. The molecule has 0 aliphatic carbocycles. The highest BCUT2D eigenvalue weighted by Gasteiger charge is 2.07. The molecule has 0 amide bonds. The third kappa shape index (κ3) is 1.71. The van der Waals surface area contributed by atoms with E-state index < -0.39 is 5.97 Å². The van der Waals surface area contributed by atoms with E-state index in [1.165, 1.54) is 6.20 Å². The van der Waals surface area contributed by atoms with Crippen LogP contribution in [0.1, 0.15) is 10.6 Å². The Balaban J connectivity index is 2.59. The van der Waals surface area contributed by atoms with Gasteiger partial charge in [-0.2, -0.15) is 0 Å². The average molecular weight is 204 g/mol. The second-order valence-corrected chi connectivity index (χ2v) is 2.92. The highest BCUT2D eigenvalue weighted by Crippen LogP contribution is 2.18. The van der Waals surface area contributed by atoms with Crippen molar-refractivity contribution in [3.63, 3.8) is 0 Å². The number of aromatic nitrogens is 2. The topological polar surface area (TPSA) is 72.3 Å². The van der Waals surface area contributed by atoms with E-state index in [-0.39, 0.29) is 5.82 Å². The third-order valence-corrected chi connectivity index (χ3v) is 1.98. The fourth-order valence-corrected chi connectivity index (χ4v) is 1.24. The van der Waals surface area contributed by atoms with Crippen LogP contribution in [0, 0.1) is 0 Å². The van der Waals surface area contributed by atoms with E-state index in [1.54, 1.807) is 25.3 Å². The number of carboxylic acids is 1. The van der Waals surface area contributed by atoms with Crippen molar-refractivity contribution >= 4 is 16.9 Å². The molecule has 0 fully saturated rings. The zero-order chi connectivity index (χ0) is 10.8. The van der Waals surface area contributed by atoms with Crippen molar-refractivity contribution in [3.8, 4) is 5.75 Å². The summed E-state index contributed by atoms with van der Waals surface area (Å²) in [7, 11) is 1.56. The SMILES string of the molecule is COc1ccc2nc(C(=O)O)ncc2c1. The molecule has 0 radical (unpaired) electrons. The van der Waals surface area contributed by atoms with E-state index in [0.717, 1.165) is 5.39 Å². The zero-order valence-electron chi connectivity index (χ0n) is 7.97. The van der Waals surface area contributed by atoms with Crippen LogP contribution in [0.5, 0.6) is 5.75 Å². The number of carboxylic acid groups (broad SMARTS) is 1. The van der Waals surface area contributed by atoms with Crippen molar-refractivity contribution < 1.29 is 14.6 Å². The van der Waals surface area contributed by atoms with Crippen LogP contribution in [0.3, 0.4) is 0 Å². The van der Waals surface area contributed by atoms with Crippen LogP contribution in [-0.2, 0) is 0 Å². The molecule has 1 aromatic carbocycles. The number of ether oxygens (including phenoxy) is 1. The molecule has 76 valence electrons. The molecule has 2 rings (SSSR count). The van der Waals surface area contributed by atoms with Gasteiger partial charge in [0.05, 0.1) is 12.6 Å². The van der Waals surface area contributed by atoms with Gasteiger partial charge in [0.25, 0.3) is 0 Å². The second kappa shape index (κ2) is 3.53. The van der Waals surface area contributed by atoms with Crippen molar-refractivity contribution in [1.29, 1.82) is 0 Å². The Kier molecular flexibility index (Phi) is 2.21. The summed E-state index contributed by atoms with van der Waals surface area (Å²) >= 11 is 0. The summed E-state index contributed by atoms with van der Waals surface area (Å²) in [5.74, 6) is -0.644. The molecule has 5 heteroatoms. The summed E-state index contributed by atoms with van der Waals surface area (Å²) in [5, 5.41) is 9.44. The van der Waals surface area contributed by atoms with Gasteiger partial charge in [0.2, 0.25) is 5.82 Å². The van der Waals surface area contributed by atoms with Crippen molar-refractivity contribution in [1.82, 2.24) is 9.97 Å². The predicted octanol–water partition coefficient (Wildman–Crippen LogP) is 1.34. The second-order valence-electron chi connectivity index (χ2n) is 2.92. The lowest BCUT2D eigenvalue weighted by molar-refractivity contribution is 0.0684. The molecular weight excluding hydrogens is 196 g/mol. The maximum atomic E-state index is 10.6. The Morgan fingerprint density at radius 3 is 2.93 bits per heavy atom. The minimum absolute atomic E-state index is 0.201. The number of benzene rings is 1. The first-order valence-corrected chi connectivity index (χ1v) is 4.25. The van der Waals surface area contributed by atoms with Gasteiger partial charge in [0.15, 0.2) is 0 Å². The molecule has 0 bridgehead atoms. The molecule has 1 heterocycles. The highest BCUT2D eigenvalue weighted by molar-refractivity contribution is 5.87. The van der Waals surface area contributed by atoms with E-state index in [0.29, 0.717) is 11.3 Å². The van der Waals surface area contributed by atoms with Crippen LogP contribution in [0.15, 0.2) is 24.4 Å². The van der Waals surface area contributed by atoms with Gasteiger partial charge < -0.3 is 9.84 Å². The number of methoxy groups -OCH3 is 1. The van der Waals surface area contributed by atoms with Crippen LogP contribution < -0.4 is 4.74 Å². The maximum Gasteiger partial charge on any atom is 0.373 e. The van der Waals surface area contributed by atoms with Crippen LogP contribution in [0.2, 0.25) is 0 Å². The highest BCUT2D eigenvalue weighted by atomic mass is 16.5. The van der Waals surface area contributed by atoms with Crippen molar-refractivity contribution in [2.45, 2.75) is 0 Å². The summed E-state index contributed by atoms with van der Waals surface area (Å²) in [5.41, 5.74) is 0.586. The summed E-state index contributed by atoms with van der Waals surface area (Å²) in [4.78, 5) is 18.2. The maximum absolute atomic E-state index is 10.6. The van der Waals surface area contributed by atoms with Crippen LogP contribution >= 0.6 is 0 Å². The van der Waals surface area contributed by atoms with E-state index >= 15 is 0 Å². The first kappa shape index (κ1) is 9.39. The van der Waals surface area contributed by atoms with Crippen molar-refractivity contribution in [2.75, 3.05) is 7.11 Å². The molecule has 0 unspecified atom stereocenters. The molecule has 0 atom stereocenters. The summed E-state index contributed by atoms with van der Waals surface area (Å²) < 4.78 is 5.03.